The molecule has 2 aromatic rings. The van der Waals surface area contributed by atoms with Gasteiger partial charge in [0.2, 0.25) is 5.75 Å². The monoisotopic (exact) mass is 443 g/mol. The van der Waals surface area contributed by atoms with Gasteiger partial charge in [-0.2, -0.15) is 0 Å². The first-order chi connectivity index (χ1) is 15.5. The number of para-hydroxylation sites is 1. The Labute approximate surface area is 190 Å². The number of carbonyl (C=O) groups is 2. The molecule has 2 aromatic carbocycles. The highest BCUT2D eigenvalue weighted by Gasteiger charge is 2.20. The zero-order chi connectivity index (χ0) is 23.5. The average Bonchev–Trinajstić information content (AvgIpc) is 2.79. The van der Waals surface area contributed by atoms with Gasteiger partial charge in [0, 0.05) is 5.69 Å². The SMILES string of the molecule is CCOc1cc(C(=O)OCC(=O)Nc2c(CC)cccc2CC)cc(OCC)c1OCC. The molecule has 0 spiro atoms. The molecule has 0 aromatic heterocycles. The molecule has 0 aliphatic carbocycles. The summed E-state index contributed by atoms with van der Waals surface area (Å²) >= 11 is 0. The van der Waals surface area contributed by atoms with Crippen LogP contribution in [0.3, 0.4) is 0 Å². The lowest BCUT2D eigenvalue weighted by Gasteiger charge is -2.17. The van der Waals surface area contributed by atoms with Crippen LogP contribution in [0, 0.1) is 0 Å². The molecule has 2 rings (SSSR count). The first kappa shape index (κ1) is 25.0. The van der Waals surface area contributed by atoms with E-state index in [4.69, 9.17) is 18.9 Å². The fourth-order valence-electron chi connectivity index (χ4n) is 3.30. The molecule has 0 saturated heterocycles. The number of benzene rings is 2. The summed E-state index contributed by atoms with van der Waals surface area (Å²) in [5, 5.41) is 2.89. The van der Waals surface area contributed by atoms with E-state index < -0.39 is 18.5 Å². The predicted octanol–water partition coefficient (Wildman–Crippen LogP) is 4.80. The summed E-state index contributed by atoms with van der Waals surface area (Å²) in [7, 11) is 0. The second-order valence-corrected chi connectivity index (χ2v) is 6.88. The smallest absolute Gasteiger partial charge is 0.338 e. The number of esters is 1. The first-order valence-electron chi connectivity index (χ1n) is 11.1. The summed E-state index contributed by atoms with van der Waals surface area (Å²) in [5.74, 6) is 0.177. The van der Waals surface area contributed by atoms with Crippen molar-refractivity contribution in [3.63, 3.8) is 0 Å². The third-order valence-corrected chi connectivity index (χ3v) is 4.74. The van der Waals surface area contributed by atoms with E-state index >= 15 is 0 Å². The van der Waals surface area contributed by atoms with Gasteiger partial charge in [-0.15, -0.1) is 0 Å². The second-order valence-electron chi connectivity index (χ2n) is 6.88. The van der Waals surface area contributed by atoms with Crippen molar-refractivity contribution in [2.75, 3.05) is 31.7 Å². The molecule has 0 bridgehead atoms. The molecule has 7 heteroatoms. The van der Waals surface area contributed by atoms with Crippen molar-refractivity contribution in [2.45, 2.75) is 47.5 Å². The van der Waals surface area contributed by atoms with Crippen molar-refractivity contribution in [1.29, 1.82) is 0 Å². The molecule has 0 fully saturated rings. The molecule has 0 saturated carbocycles. The predicted molar refractivity (Wildman–Crippen MR) is 124 cm³/mol. The lowest BCUT2D eigenvalue weighted by atomic mass is 10.0. The maximum absolute atomic E-state index is 12.7. The van der Waals surface area contributed by atoms with Crippen LogP contribution in [0.4, 0.5) is 5.69 Å². The highest BCUT2D eigenvalue weighted by atomic mass is 16.5. The van der Waals surface area contributed by atoms with Gasteiger partial charge in [0.15, 0.2) is 18.1 Å². The Morgan fingerprint density at radius 2 is 1.34 bits per heavy atom. The summed E-state index contributed by atoms with van der Waals surface area (Å²) in [4.78, 5) is 25.2. The van der Waals surface area contributed by atoms with Crippen molar-refractivity contribution in [2.24, 2.45) is 0 Å². The molecule has 0 heterocycles. The number of hydrogen-bond donors (Lipinski definition) is 1. The number of aryl methyl sites for hydroxylation is 2. The molecule has 0 unspecified atom stereocenters. The van der Waals surface area contributed by atoms with Crippen LogP contribution >= 0.6 is 0 Å². The van der Waals surface area contributed by atoms with Crippen molar-refractivity contribution < 1.29 is 28.5 Å². The van der Waals surface area contributed by atoms with Gasteiger partial charge in [0.25, 0.3) is 5.91 Å². The normalized spacial score (nSPS) is 10.4. The molecule has 1 amide bonds. The number of hydrogen-bond acceptors (Lipinski definition) is 6. The molecule has 0 atom stereocenters. The van der Waals surface area contributed by atoms with Gasteiger partial charge < -0.3 is 24.3 Å². The van der Waals surface area contributed by atoms with E-state index in [1.807, 2.05) is 52.8 Å². The standard InChI is InChI=1S/C25H33NO6/c1-6-17-12-11-13-18(7-2)23(17)26-22(27)16-32-25(28)19-14-20(29-8-3)24(31-10-5)21(15-19)30-9-4/h11-15H,6-10,16H2,1-5H3,(H,26,27). The zero-order valence-electron chi connectivity index (χ0n) is 19.6. The van der Waals surface area contributed by atoms with Gasteiger partial charge in [0.05, 0.1) is 25.4 Å². The van der Waals surface area contributed by atoms with Gasteiger partial charge in [-0.25, -0.2) is 4.79 Å². The van der Waals surface area contributed by atoms with E-state index in [2.05, 4.69) is 5.32 Å². The Hall–Kier alpha value is -3.22. The number of rotatable bonds is 12. The van der Waals surface area contributed by atoms with Gasteiger partial charge >= 0.3 is 5.97 Å². The second kappa shape index (κ2) is 12.6. The highest BCUT2D eigenvalue weighted by Crippen LogP contribution is 2.39. The highest BCUT2D eigenvalue weighted by molar-refractivity contribution is 5.97. The average molecular weight is 444 g/mol. The van der Waals surface area contributed by atoms with E-state index in [0.717, 1.165) is 29.7 Å². The van der Waals surface area contributed by atoms with E-state index in [-0.39, 0.29) is 5.56 Å². The van der Waals surface area contributed by atoms with Crippen molar-refractivity contribution in [1.82, 2.24) is 0 Å². The molecular weight excluding hydrogens is 410 g/mol. The lowest BCUT2D eigenvalue weighted by Crippen LogP contribution is -2.22. The number of amides is 1. The molecule has 1 N–H and O–H groups in total. The Kier molecular flexibility index (Phi) is 9.85. The molecular formula is C25H33NO6. The van der Waals surface area contributed by atoms with E-state index in [1.54, 1.807) is 12.1 Å². The zero-order valence-corrected chi connectivity index (χ0v) is 19.6. The van der Waals surface area contributed by atoms with Crippen LogP contribution in [0.15, 0.2) is 30.3 Å². The largest absolute Gasteiger partial charge is 0.490 e. The van der Waals surface area contributed by atoms with E-state index in [1.165, 1.54) is 0 Å². The number of anilines is 1. The molecule has 7 nitrogen and oxygen atoms in total. The lowest BCUT2D eigenvalue weighted by molar-refractivity contribution is -0.119. The minimum atomic E-state index is -0.649. The van der Waals surface area contributed by atoms with Crippen LogP contribution in [-0.2, 0) is 22.4 Å². The van der Waals surface area contributed by atoms with Crippen molar-refractivity contribution >= 4 is 17.6 Å². The summed E-state index contributed by atoms with van der Waals surface area (Å²) in [5.41, 5.74) is 3.09. The molecule has 0 aliphatic heterocycles. The van der Waals surface area contributed by atoms with Crippen LogP contribution in [0.5, 0.6) is 17.2 Å². The fraction of sp³-hybridized carbons (Fsp3) is 0.440. The first-order valence-corrected chi connectivity index (χ1v) is 11.1. The van der Waals surface area contributed by atoms with Gasteiger partial charge in [-0.1, -0.05) is 32.0 Å². The van der Waals surface area contributed by atoms with Crippen LogP contribution in [0.2, 0.25) is 0 Å². The summed E-state index contributed by atoms with van der Waals surface area (Å²) in [6.45, 7) is 10.4. The van der Waals surface area contributed by atoms with Crippen LogP contribution in [0.1, 0.15) is 56.1 Å². The third kappa shape index (κ3) is 6.39. The Balaban J connectivity index is 2.16. The number of ether oxygens (including phenoxy) is 4. The molecule has 32 heavy (non-hydrogen) atoms. The number of carbonyl (C=O) groups excluding carboxylic acids is 2. The van der Waals surface area contributed by atoms with E-state index in [9.17, 15) is 9.59 Å². The Morgan fingerprint density at radius 1 is 0.812 bits per heavy atom. The maximum atomic E-state index is 12.7. The van der Waals surface area contributed by atoms with Crippen LogP contribution < -0.4 is 19.5 Å². The fourth-order valence-corrected chi connectivity index (χ4v) is 3.30. The Morgan fingerprint density at radius 3 is 1.81 bits per heavy atom. The topological polar surface area (TPSA) is 83.1 Å². The van der Waals surface area contributed by atoms with Crippen molar-refractivity contribution in [3.05, 3.63) is 47.0 Å². The van der Waals surface area contributed by atoms with Gasteiger partial charge in [0.1, 0.15) is 0 Å². The minimum Gasteiger partial charge on any atom is -0.490 e. The minimum absolute atomic E-state index is 0.219. The quantitative estimate of drug-likeness (QED) is 0.474. The summed E-state index contributed by atoms with van der Waals surface area (Å²) in [6.07, 6.45) is 1.58. The molecule has 174 valence electrons. The van der Waals surface area contributed by atoms with Crippen LogP contribution in [-0.4, -0.2) is 38.3 Å². The van der Waals surface area contributed by atoms with E-state index in [0.29, 0.717) is 37.1 Å². The number of nitrogens with one attached hydrogen (secondary N) is 1. The maximum Gasteiger partial charge on any atom is 0.338 e. The Bertz CT molecular complexity index is 875. The van der Waals surface area contributed by atoms with Crippen molar-refractivity contribution in [3.8, 4) is 17.2 Å². The van der Waals surface area contributed by atoms with Crippen LogP contribution in [0.25, 0.3) is 0 Å². The third-order valence-electron chi connectivity index (χ3n) is 4.74. The molecule has 0 aliphatic rings. The molecule has 0 radical (unpaired) electrons. The van der Waals surface area contributed by atoms with Gasteiger partial charge in [-0.3, -0.25) is 4.79 Å². The summed E-state index contributed by atoms with van der Waals surface area (Å²) < 4.78 is 22.2. The summed E-state index contributed by atoms with van der Waals surface area (Å²) in [6, 6.07) is 9.01. The van der Waals surface area contributed by atoms with Gasteiger partial charge in [-0.05, 0) is 56.9 Å².